The van der Waals surface area contributed by atoms with Crippen LogP contribution in [0.25, 0.3) is 11.0 Å². The molecule has 5 heteroatoms. The summed E-state index contributed by atoms with van der Waals surface area (Å²) in [6.07, 6.45) is 0. The molecule has 0 saturated heterocycles. The predicted octanol–water partition coefficient (Wildman–Crippen LogP) is 6.15. The standard InChI is InChI=1S/C30H35N3O2/c1-29(2,3)21-16-22(27(35)23(17-21)30(4,5)6)26(34)19-33-25-15-11-10-14-24(25)32(28(33)31)18-20-12-8-7-9-13-20/h7-17,31,35H,18-19H2,1-6H3. The normalized spacial score (nSPS) is 12.3. The summed E-state index contributed by atoms with van der Waals surface area (Å²) >= 11 is 0. The molecule has 5 nitrogen and oxygen atoms in total. The van der Waals surface area contributed by atoms with Crippen LogP contribution in [0.1, 0.15) is 68.6 Å². The number of benzene rings is 3. The molecular formula is C30H35N3O2. The van der Waals surface area contributed by atoms with E-state index < -0.39 is 0 Å². The van der Waals surface area contributed by atoms with Crippen molar-refractivity contribution >= 4 is 16.8 Å². The second-order valence-corrected chi connectivity index (χ2v) is 11.3. The van der Waals surface area contributed by atoms with Crippen LogP contribution in [0.2, 0.25) is 0 Å². The average Bonchev–Trinajstić information content (AvgIpc) is 3.04. The van der Waals surface area contributed by atoms with Gasteiger partial charge in [0.15, 0.2) is 5.78 Å². The van der Waals surface area contributed by atoms with Crippen molar-refractivity contribution in [3.63, 3.8) is 0 Å². The molecule has 0 aliphatic rings. The summed E-state index contributed by atoms with van der Waals surface area (Å²) in [6.45, 7) is 13.0. The van der Waals surface area contributed by atoms with Crippen LogP contribution < -0.4 is 5.62 Å². The minimum atomic E-state index is -0.320. The van der Waals surface area contributed by atoms with Gasteiger partial charge in [-0.1, -0.05) is 90.1 Å². The first-order valence-electron chi connectivity index (χ1n) is 12.1. The van der Waals surface area contributed by atoms with Gasteiger partial charge >= 0.3 is 0 Å². The molecule has 4 rings (SSSR count). The second kappa shape index (κ2) is 8.88. The van der Waals surface area contributed by atoms with E-state index in [1.165, 1.54) is 0 Å². The third-order valence-electron chi connectivity index (χ3n) is 6.54. The van der Waals surface area contributed by atoms with Crippen molar-refractivity contribution < 1.29 is 9.90 Å². The summed E-state index contributed by atoms with van der Waals surface area (Å²) in [5.74, 6) is -0.170. The number of Topliss-reactive ketones (excluding diaryl/α,β-unsaturated/α-hetero) is 1. The monoisotopic (exact) mass is 469 g/mol. The molecule has 4 aromatic rings. The summed E-state index contributed by atoms with van der Waals surface area (Å²) in [7, 11) is 0. The van der Waals surface area contributed by atoms with Gasteiger partial charge in [0.05, 0.1) is 29.7 Å². The molecule has 0 spiro atoms. The van der Waals surface area contributed by atoms with Crippen molar-refractivity contribution in [2.45, 2.75) is 65.5 Å². The molecule has 3 aromatic carbocycles. The van der Waals surface area contributed by atoms with Gasteiger partial charge in [0.2, 0.25) is 5.62 Å². The number of ketones is 1. The second-order valence-electron chi connectivity index (χ2n) is 11.3. The van der Waals surface area contributed by atoms with Gasteiger partial charge in [0.1, 0.15) is 5.75 Å². The van der Waals surface area contributed by atoms with Gasteiger partial charge < -0.3 is 14.2 Å². The zero-order valence-electron chi connectivity index (χ0n) is 21.5. The van der Waals surface area contributed by atoms with E-state index in [0.717, 1.165) is 27.7 Å². The molecule has 182 valence electrons. The third kappa shape index (κ3) is 4.81. The number of imidazole rings is 1. The highest BCUT2D eigenvalue weighted by Gasteiger charge is 2.27. The van der Waals surface area contributed by atoms with Crippen molar-refractivity contribution in [1.29, 1.82) is 5.41 Å². The number of fused-ring (bicyclic) bond motifs is 1. The van der Waals surface area contributed by atoms with Gasteiger partial charge in [-0.2, -0.15) is 0 Å². The summed E-state index contributed by atoms with van der Waals surface area (Å²) in [5, 5.41) is 20.1. The molecule has 1 heterocycles. The van der Waals surface area contributed by atoms with Crippen LogP contribution in [0.15, 0.2) is 66.7 Å². The van der Waals surface area contributed by atoms with Crippen molar-refractivity contribution in [2.75, 3.05) is 0 Å². The van der Waals surface area contributed by atoms with Gasteiger partial charge in [-0.15, -0.1) is 0 Å². The molecule has 0 radical (unpaired) electrons. The van der Waals surface area contributed by atoms with E-state index in [1.54, 1.807) is 4.57 Å². The summed E-state index contributed by atoms with van der Waals surface area (Å²) in [5.41, 5.74) is 4.65. The van der Waals surface area contributed by atoms with Crippen LogP contribution in [0, 0.1) is 5.41 Å². The maximum Gasteiger partial charge on any atom is 0.203 e. The van der Waals surface area contributed by atoms with E-state index in [4.69, 9.17) is 5.41 Å². The first-order valence-corrected chi connectivity index (χ1v) is 12.1. The lowest BCUT2D eigenvalue weighted by atomic mass is 9.78. The van der Waals surface area contributed by atoms with Crippen molar-refractivity contribution in [2.24, 2.45) is 0 Å². The van der Waals surface area contributed by atoms with E-state index >= 15 is 0 Å². The van der Waals surface area contributed by atoms with Crippen molar-refractivity contribution in [3.8, 4) is 5.75 Å². The minimum Gasteiger partial charge on any atom is -0.507 e. The Morgan fingerprint density at radius 3 is 1.97 bits per heavy atom. The molecule has 0 aliphatic carbocycles. The summed E-state index contributed by atoms with van der Waals surface area (Å²) in [6, 6.07) is 21.6. The number of hydrogen-bond acceptors (Lipinski definition) is 3. The molecule has 0 fully saturated rings. The Balaban J connectivity index is 1.81. The van der Waals surface area contributed by atoms with Crippen molar-refractivity contribution in [3.05, 3.63) is 94.6 Å². The average molecular weight is 470 g/mol. The topological polar surface area (TPSA) is 71.0 Å². The van der Waals surface area contributed by atoms with Crippen molar-refractivity contribution in [1.82, 2.24) is 9.13 Å². The Labute approximate surface area is 207 Å². The van der Waals surface area contributed by atoms with Crippen LogP contribution in [0.5, 0.6) is 5.75 Å². The lowest BCUT2D eigenvalue weighted by Crippen LogP contribution is -2.28. The number of nitrogens with zero attached hydrogens (tertiary/aromatic N) is 2. The van der Waals surface area contributed by atoms with E-state index in [-0.39, 0.29) is 34.5 Å². The Hall–Kier alpha value is -3.60. The Morgan fingerprint density at radius 1 is 0.829 bits per heavy atom. The Morgan fingerprint density at radius 2 is 1.40 bits per heavy atom. The van der Waals surface area contributed by atoms with E-state index in [2.05, 4.69) is 20.8 Å². The Kier molecular flexibility index (Phi) is 6.22. The fourth-order valence-electron chi connectivity index (χ4n) is 4.46. The number of rotatable bonds is 5. The first kappa shape index (κ1) is 24.5. The van der Waals surface area contributed by atoms with Crippen LogP contribution in [0.4, 0.5) is 0 Å². The summed E-state index contributed by atoms with van der Waals surface area (Å²) in [4.78, 5) is 13.7. The Bertz CT molecular complexity index is 1450. The number of aromatic hydroxyl groups is 1. The number of aromatic nitrogens is 2. The van der Waals surface area contributed by atoms with Crippen LogP contribution in [0.3, 0.4) is 0 Å². The van der Waals surface area contributed by atoms with Gasteiger partial charge in [0.25, 0.3) is 0 Å². The molecule has 0 atom stereocenters. The quantitative estimate of drug-likeness (QED) is 0.344. The highest BCUT2D eigenvalue weighted by Crippen LogP contribution is 2.38. The molecular weight excluding hydrogens is 434 g/mol. The minimum absolute atomic E-state index is 0.0219. The SMILES string of the molecule is CC(C)(C)c1cc(C(=O)Cn2c(=N)n(Cc3ccccc3)c3ccccc32)c(O)c(C(C)(C)C)c1. The number of carbonyl (C=O) groups excluding carboxylic acids is 1. The molecule has 0 bridgehead atoms. The number of carbonyl (C=O) groups is 1. The van der Waals surface area contributed by atoms with Gasteiger partial charge in [0, 0.05) is 5.56 Å². The molecule has 0 saturated carbocycles. The van der Waals surface area contributed by atoms with E-state index in [9.17, 15) is 9.90 Å². The molecule has 0 aliphatic heterocycles. The first-order chi connectivity index (χ1) is 16.4. The predicted molar refractivity (Wildman–Crippen MR) is 141 cm³/mol. The number of nitrogens with one attached hydrogen (secondary N) is 1. The lowest BCUT2D eigenvalue weighted by molar-refractivity contribution is 0.0968. The lowest BCUT2D eigenvalue weighted by Gasteiger charge is -2.27. The smallest absolute Gasteiger partial charge is 0.203 e. The molecule has 2 N–H and O–H groups in total. The number of phenols is 1. The van der Waals surface area contributed by atoms with Gasteiger partial charge in [-0.05, 0) is 40.2 Å². The highest BCUT2D eigenvalue weighted by atomic mass is 16.3. The molecule has 35 heavy (non-hydrogen) atoms. The molecule has 0 amide bonds. The summed E-state index contributed by atoms with van der Waals surface area (Å²) < 4.78 is 3.66. The fraction of sp³-hybridized carbons (Fsp3) is 0.333. The van der Waals surface area contributed by atoms with Gasteiger partial charge in [-0.3, -0.25) is 10.2 Å². The van der Waals surface area contributed by atoms with E-state index in [0.29, 0.717) is 12.1 Å². The third-order valence-corrected chi connectivity index (χ3v) is 6.54. The highest BCUT2D eigenvalue weighted by molar-refractivity contribution is 5.99. The number of hydrogen-bond donors (Lipinski definition) is 2. The maximum atomic E-state index is 13.7. The zero-order chi connectivity index (χ0) is 25.5. The largest absolute Gasteiger partial charge is 0.507 e. The van der Waals surface area contributed by atoms with E-state index in [1.807, 2.05) is 92.1 Å². The fourth-order valence-corrected chi connectivity index (χ4v) is 4.46. The van der Waals surface area contributed by atoms with Gasteiger partial charge in [-0.25, -0.2) is 0 Å². The number of phenolic OH excluding ortho intramolecular Hbond substituents is 1. The maximum absolute atomic E-state index is 13.7. The van der Waals surface area contributed by atoms with Crippen LogP contribution in [-0.4, -0.2) is 20.0 Å². The van der Waals surface area contributed by atoms with Crippen LogP contribution >= 0.6 is 0 Å². The number of para-hydroxylation sites is 2. The molecule has 1 aromatic heterocycles. The van der Waals surface area contributed by atoms with Crippen LogP contribution in [-0.2, 0) is 23.9 Å². The molecule has 0 unspecified atom stereocenters. The zero-order valence-corrected chi connectivity index (χ0v) is 21.5.